The highest BCUT2D eigenvalue weighted by Crippen LogP contribution is 2.24. The molecule has 0 spiro atoms. The van der Waals surface area contributed by atoms with Gasteiger partial charge in [0.25, 0.3) is 6.01 Å². The number of aromatic nitrogens is 1. The van der Waals surface area contributed by atoms with Crippen molar-refractivity contribution < 1.29 is 13.2 Å². The van der Waals surface area contributed by atoms with E-state index in [9.17, 15) is 4.39 Å². The molecule has 0 radical (unpaired) electrons. The summed E-state index contributed by atoms with van der Waals surface area (Å²) in [6.45, 7) is 1.84. The van der Waals surface area contributed by atoms with Gasteiger partial charge in [0, 0.05) is 18.2 Å². The second-order valence-corrected chi connectivity index (χ2v) is 3.16. The van der Waals surface area contributed by atoms with Crippen LogP contribution in [0.2, 0.25) is 0 Å². The molecule has 0 N–H and O–H groups in total. The highest BCUT2D eigenvalue weighted by Gasteiger charge is 2.08. The van der Waals surface area contributed by atoms with Crippen LogP contribution in [0.4, 0.5) is 4.39 Å². The van der Waals surface area contributed by atoms with Crippen molar-refractivity contribution in [3.05, 3.63) is 30.0 Å². The summed E-state index contributed by atoms with van der Waals surface area (Å²) in [6.07, 6.45) is 0. The van der Waals surface area contributed by atoms with E-state index in [1.807, 2.05) is 6.92 Å². The number of hydrogen-bond donors (Lipinski definition) is 0. The van der Waals surface area contributed by atoms with Crippen molar-refractivity contribution >= 4 is 22.2 Å². The minimum atomic E-state index is -0.628. The van der Waals surface area contributed by atoms with Crippen molar-refractivity contribution in [2.75, 3.05) is 0 Å². The molecule has 3 nitrogen and oxygen atoms in total. The third-order valence-electron chi connectivity index (χ3n) is 2.08. The Morgan fingerprint density at radius 2 is 1.79 bits per heavy atom. The smallest absolute Gasteiger partial charge is 0.280 e. The Bertz CT molecular complexity index is 521. The summed E-state index contributed by atoms with van der Waals surface area (Å²) >= 11 is 0. The minimum absolute atomic E-state index is 0.407. The maximum absolute atomic E-state index is 12.7. The van der Waals surface area contributed by atoms with Gasteiger partial charge in [-0.3, -0.25) is 0 Å². The normalized spacial score (nSPS) is 11.6. The third-order valence-corrected chi connectivity index (χ3v) is 2.08. The molecule has 14 heavy (non-hydrogen) atoms. The van der Waals surface area contributed by atoms with E-state index in [0.717, 1.165) is 11.3 Å². The Hall–Kier alpha value is -1.84. The monoisotopic (exact) mass is 191 g/mol. The SMILES string of the molecule is Cc1cc2nc3cc(F)oc3cc2o1. The maximum Gasteiger partial charge on any atom is 0.280 e. The summed E-state index contributed by atoms with van der Waals surface area (Å²) in [7, 11) is 0. The predicted octanol–water partition coefficient (Wildman–Crippen LogP) is 3.02. The molecule has 0 atom stereocenters. The zero-order chi connectivity index (χ0) is 9.71. The molecular formula is C10H6FNO2. The van der Waals surface area contributed by atoms with Gasteiger partial charge in [0.1, 0.15) is 16.8 Å². The van der Waals surface area contributed by atoms with Gasteiger partial charge in [-0.25, -0.2) is 4.98 Å². The van der Waals surface area contributed by atoms with Crippen LogP contribution in [0.3, 0.4) is 0 Å². The third kappa shape index (κ3) is 0.937. The van der Waals surface area contributed by atoms with E-state index in [2.05, 4.69) is 4.98 Å². The first kappa shape index (κ1) is 7.55. The lowest BCUT2D eigenvalue weighted by molar-refractivity contribution is 0.381. The van der Waals surface area contributed by atoms with E-state index in [1.54, 1.807) is 12.1 Å². The van der Waals surface area contributed by atoms with Gasteiger partial charge < -0.3 is 8.83 Å². The van der Waals surface area contributed by atoms with Crippen molar-refractivity contribution in [3.63, 3.8) is 0 Å². The van der Waals surface area contributed by atoms with E-state index in [-0.39, 0.29) is 0 Å². The Kier molecular flexibility index (Phi) is 1.27. The van der Waals surface area contributed by atoms with Crippen molar-refractivity contribution in [3.8, 4) is 0 Å². The summed E-state index contributed by atoms with van der Waals surface area (Å²) in [5.41, 5.74) is 2.25. The van der Waals surface area contributed by atoms with Crippen LogP contribution in [0, 0.1) is 12.9 Å². The lowest BCUT2D eigenvalue weighted by Gasteiger charge is -1.87. The van der Waals surface area contributed by atoms with Crippen LogP contribution in [-0.4, -0.2) is 4.98 Å². The van der Waals surface area contributed by atoms with Crippen LogP contribution in [0.1, 0.15) is 5.76 Å². The molecule has 0 saturated heterocycles. The molecule has 0 unspecified atom stereocenters. The molecule has 3 aromatic rings. The number of fused-ring (bicyclic) bond motifs is 2. The van der Waals surface area contributed by atoms with Gasteiger partial charge in [-0.15, -0.1) is 0 Å². The Morgan fingerprint density at radius 3 is 2.64 bits per heavy atom. The molecule has 0 aliphatic carbocycles. The van der Waals surface area contributed by atoms with Gasteiger partial charge in [-0.2, -0.15) is 4.39 Å². The summed E-state index contributed by atoms with van der Waals surface area (Å²) in [5.74, 6) is 0.778. The Labute approximate surface area is 78.1 Å². The van der Waals surface area contributed by atoms with Gasteiger partial charge >= 0.3 is 0 Å². The fraction of sp³-hybridized carbons (Fsp3) is 0.100. The van der Waals surface area contributed by atoms with Crippen molar-refractivity contribution in [1.29, 1.82) is 0 Å². The van der Waals surface area contributed by atoms with Crippen molar-refractivity contribution in [1.82, 2.24) is 4.98 Å². The topological polar surface area (TPSA) is 39.2 Å². The number of rotatable bonds is 0. The van der Waals surface area contributed by atoms with E-state index >= 15 is 0 Å². The van der Waals surface area contributed by atoms with Crippen LogP contribution >= 0.6 is 0 Å². The van der Waals surface area contributed by atoms with Crippen molar-refractivity contribution in [2.24, 2.45) is 0 Å². The van der Waals surface area contributed by atoms with Crippen LogP contribution in [-0.2, 0) is 0 Å². The highest BCUT2D eigenvalue weighted by molar-refractivity contribution is 5.86. The van der Waals surface area contributed by atoms with Crippen LogP contribution < -0.4 is 0 Å². The quantitative estimate of drug-likeness (QED) is 0.548. The van der Waals surface area contributed by atoms with Crippen LogP contribution in [0.5, 0.6) is 0 Å². The van der Waals surface area contributed by atoms with Crippen molar-refractivity contribution in [2.45, 2.75) is 6.92 Å². The number of halogens is 1. The van der Waals surface area contributed by atoms with E-state index in [1.165, 1.54) is 6.07 Å². The van der Waals surface area contributed by atoms with E-state index in [0.29, 0.717) is 16.7 Å². The maximum atomic E-state index is 12.7. The fourth-order valence-corrected chi connectivity index (χ4v) is 1.51. The first-order valence-electron chi connectivity index (χ1n) is 4.18. The predicted molar refractivity (Wildman–Crippen MR) is 48.5 cm³/mol. The molecular weight excluding hydrogens is 185 g/mol. The number of hydrogen-bond acceptors (Lipinski definition) is 3. The van der Waals surface area contributed by atoms with Gasteiger partial charge in [0.2, 0.25) is 0 Å². The van der Waals surface area contributed by atoms with Gasteiger partial charge in [0.15, 0.2) is 11.2 Å². The molecule has 3 rings (SSSR count). The Balaban J connectivity index is 2.49. The number of furan rings is 2. The van der Waals surface area contributed by atoms with Gasteiger partial charge in [-0.05, 0) is 6.92 Å². The molecule has 0 aliphatic rings. The molecule has 4 heteroatoms. The van der Waals surface area contributed by atoms with Gasteiger partial charge in [0.05, 0.1) is 0 Å². The molecule has 70 valence electrons. The molecule has 0 amide bonds. The molecule has 0 saturated carbocycles. The average molecular weight is 191 g/mol. The van der Waals surface area contributed by atoms with E-state index in [4.69, 9.17) is 8.83 Å². The van der Waals surface area contributed by atoms with E-state index < -0.39 is 6.01 Å². The second-order valence-electron chi connectivity index (χ2n) is 3.16. The summed E-state index contributed by atoms with van der Waals surface area (Å²) in [6, 6.07) is 4.08. The zero-order valence-electron chi connectivity index (χ0n) is 7.37. The second kappa shape index (κ2) is 2.35. The largest absolute Gasteiger partial charge is 0.460 e. The summed E-state index contributed by atoms with van der Waals surface area (Å²) in [5, 5.41) is 0. The standard InChI is InChI=1S/C10H6FNO2/c1-5-2-6-8(13-5)4-9-7(12-6)3-10(11)14-9/h2-4H,1H3. The number of pyridine rings is 1. The first-order valence-corrected chi connectivity index (χ1v) is 4.18. The summed E-state index contributed by atoms with van der Waals surface area (Å²) < 4.78 is 22.9. The molecule has 3 aromatic heterocycles. The van der Waals surface area contributed by atoms with Gasteiger partial charge in [-0.1, -0.05) is 0 Å². The number of nitrogens with zero attached hydrogens (tertiary/aromatic N) is 1. The van der Waals surface area contributed by atoms with Crippen LogP contribution in [0.25, 0.3) is 22.2 Å². The summed E-state index contributed by atoms with van der Waals surface area (Å²) in [4.78, 5) is 4.19. The number of aryl methyl sites for hydroxylation is 1. The molecule has 0 fully saturated rings. The Morgan fingerprint density at radius 1 is 1.07 bits per heavy atom. The highest BCUT2D eigenvalue weighted by atomic mass is 19.1. The minimum Gasteiger partial charge on any atom is -0.460 e. The van der Waals surface area contributed by atoms with Crippen LogP contribution in [0.15, 0.2) is 27.0 Å². The molecule has 0 bridgehead atoms. The lowest BCUT2D eigenvalue weighted by Crippen LogP contribution is -1.72. The molecule has 3 heterocycles. The molecule has 0 aromatic carbocycles. The zero-order valence-corrected chi connectivity index (χ0v) is 7.37. The average Bonchev–Trinajstić information content (AvgIpc) is 2.59. The fourth-order valence-electron chi connectivity index (χ4n) is 1.51. The first-order chi connectivity index (χ1) is 6.72. The lowest BCUT2D eigenvalue weighted by atomic mass is 10.3. The molecule has 0 aliphatic heterocycles.